The Morgan fingerprint density at radius 2 is 1.65 bits per heavy atom. The van der Waals surface area contributed by atoms with E-state index >= 15 is 0 Å². The van der Waals surface area contributed by atoms with Gasteiger partial charge in [-0.2, -0.15) is 4.31 Å². The number of nitrogens with zero attached hydrogens (tertiary/aromatic N) is 2. The Hall–Kier alpha value is -3.69. The van der Waals surface area contributed by atoms with Gasteiger partial charge in [-0.15, -0.1) is 0 Å². The SMILES string of the molecule is COc1ccc(C(=O)N2CCc3ccc(NC(=O)C4CCCN(S(=O)(=O)c5c(C)cc(C)cc5C)C4)cc32)cc1. The molecule has 40 heavy (non-hydrogen) atoms. The van der Waals surface area contributed by atoms with Crippen LogP contribution in [0.1, 0.15) is 45.5 Å². The van der Waals surface area contributed by atoms with E-state index in [1.54, 1.807) is 36.3 Å². The van der Waals surface area contributed by atoms with Crippen molar-refractivity contribution in [2.24, 2.45) is 5.92 Å². The number of hydrogen-bond acceptors (Lipinski definition) is 5. The third kappa shape index (κ3) is 5.36. The zero-order valence-electron chi connectivity index (χ0n) is 23.4. The molecule has 1 atom stereocenters. The maximum Gasteiger partial charge on any atom is 0.258 e. The summed E-state index contributed by atoms with van der Waals surface area (Å²) in [6, 6.07) is 16.4. The maximum atomic E-state index is 13.6. The molecule has 0 radical (unpaired) electrons. The summed E-state index contributed by atoms with van der Waals surface area (Å²) in [4.78, 5) is 28.6. The van der Waals surface area contributed by atoms with Crippen LogP contribution < -0.4 is 15.0 Å². The lowest BCUT2D eigenvalue weighted by Crippen LogP contribution is -2.44. The fourth-order valence-electron chi connectivity index (χ4n) is 5.88. The van der Waals surface area contributed by atoms with Gasteiger partial charge in [0.1, 0.15) is 5.75 Å². The third-order valence-corrected chi connectivity index (χ3v) is 9.96. The van der Waals surface area contributed by atoms with Crippen molar-refractivity contribution in [3.05, 3.63) is 82.4 Å². The smallest absolute Gasteiger partial charge is 0.258 e. The van der Waals surface area contributed by atoms with Crippen LogP contribution in [0.4, 0.5) is 11.4 Å². The molecular formula is C31H35N3O5S. The first-order valence-corrected chi connectivity index (χ1v) is 15.0. The molecule has 1 N–H and O–H groups in total. The number of nitrogens with one attached hydrogen (secondary N) is 1. The van der Waals surface area contributed by atoms with Gasteiger partial charge in [-0.1, -0.05) is 23.8 Å². The Bertz CT molecular complexity index is 1540. The number of benzene rings is 3. The fraction of sp³-hybridized carbons (Fsp3) is 0.355. The van der Waals surface area contributed by atoms with E-state index in [4.69, 9.17) is 4.74 Å². The second kappa shape index (κ2) is 11.1. The molecule has 0 saturated carbocycles. The average Bonchev–Trinajstić information content (AvgIpc) is 3.35. The number of methoxy groups -OCH3 is 1. The highest BCUT2D eigenvalue weighted by Crippen LogP contribution is 2.33. The van der Waals surface area contributed by atoms with Gasteiger partial charge in [0, 0.05) is 36.6 Å². The normalized spacial score (nSPS) is 17.4. The van der Waals surface area contributed by atoms with Gasteiger partial charge in [0.25, 0.3) is 5.91 Å². The first kappa shape index (κ1) is 27.9. The number of hydrogen-bond donors (Lipinski definition) is 1. The standard InChI is InChI=1S/C31H35N3O5S/c1-20-16-21(2)29(22(3)17-20)40(37,38)33-14-5-6-25(19-33)30(35)32-26-10-7-23-13-15-34(28(23)18-26)31(36)24-8-11-27(39-4)12-9-24/h7-12,16-18,25H,5-6,13-15,19H2,1-4H3,(H,32,35). The van der Waals surface area contributed by atoms with E-state index in [2.05, 4.69) is 5.32 Å². The number of amides is 2. The molecule has 1 unspecified atom stereocenters. The number of sulfonamides is 1. The summed E-state index contributed by atoms with van der Waals surface area (Å²) in [5.74, 6) is -0.121. The van der Waals surface area contributed by atoms with E-state index in [1.807, 2.05) is 51.1 Å². The molecule has 0 bridgehead atoms. The Kier molecular flexibility index (Phi) is 7.70. The molecule has 2 amide bonds. The fourth-order valence-corrected chi connectivity index (χ4v) is 7.81. The molecule has 9 heteroatoms. The van der Waals surface area contributed by atoms with Crippen LogP contribution in [-0.2, 0) is 21.2 Å². The Labute approximate surface area is 236 Å². The van der Waals surface area contributed by atoms with Crippen LogP contribution >= 0.6 is 0 Å². The summed E-state index contributed by atoms with van der Waals surface area (Å²) in [6.07, 6.45) is 1.95. The number of ether oxygens (including phenoxy) is 1. The van der Waals surface area contributed by atoms with Gasteiger partial charge >= 0.3 is 0 Å². The monoisotopic (exact) mass is 561 g/mol. The predicted octanol–water partition coefficient (Wildman–Crippen LogP) is 4.86. The van der Waals surface area contributed by atoms with Crippen molar-refractivity contribution in [3.8, 4) is 5.75 Å². The zero-order valence-corrected chi connectivity index (χ0v) is 24.2. The van der Waals surface area contributed by atoms with Crippen LogP contribution in [0, 0.1) is 26.7 Å². The zero-order chi connectivity index (χ0) is 28.6. The predicted molar refractivity (Wildman–Crippen MR) is 156 cm³/mol. The van der Waals surface area contributed by atoms with Crippen molar-refractivity contribution in [3.63, 3.8) is 0 Å². The molecule has 0 aromatic heterocycles. The second-order valence-corrected chi connectivity index (χ2v) is 12.6. The largest absolute Gasteiger partial charge is 0.497 e. The molecule has 0 spiro atoms. The van der Waals surface area contributed by atoms with Crippen molar-refractivity contribution in [2.45, 2.75) is 44.9 Å². The Morgan fingerprint density at radius 1 is 0.950 bits per heavy atom. The van der Waals surface area contributed by atoms with E-state index < -0.39 is 15.9 Å². The second-order valence-electron chi connectivity index (χ2n) is 10.7. The van der Waals surface area contributed by atoms with E-state index in [9.17, 15) is 18.0 Å². The molecule has 3 aromatic carbocycles. The minimum Gasteiger partial charge on any atom is -0.497 e. The molecule has 8 nitrogen and oxygen atoms in total. The summed E-state index contributed by atoms with van der Waals surface area (Å²) in [5.41, 5.74) is 5.42. The summed E-state index contributed by atoms with van der Waals surface area (Å²) in [7, 11) is -2.15. The quantitative estimate of drug-likeness (QED) is 0.464. The third-order valence-electron chi connectivity index (χ3n) is 7.79. The lowest BCUT2D eigenvalue weighted by Gasteiger charge is -2.32. The highest BCUT2D eigenvalue weighted by atomic mass is 32.2. The van der Waals surface area contributed by atoms with Gasteiger partial charge in [0.05, 0.1) is 17.9 Å². The minimum absolute atomic E-state index is 0.111. The summed E-state index contributed by atoms with van der Waals surface area (Å²) >= 11 is 0. The van der Waals surface area contributed by atoms with Crippen molar-refractivity contribution < 1.29 is 22.7 Å². The molecular weight excluding hydrogens is 526 g/mol. The average molecular weight is 562 g/mol. The first-order chi connectivity index (χ1) is 19.1. The molecule has 0 aliphatic carbocycles. The lowest BCUT2D eigenvalue weighted by atomic mass is 9.98. The van der Waals surface area contributed by atoms with E-state index in [1.165, 1.54) is 4.31 Å². The number of carbonyl (C=O) groups is 2. The van der Waals surface area contributed by atoms with Gasteiger partial charge in [0.2, 0.25) is 15.9 Å². The molecule has 2 aliphatic rings. The Morgan fingerprint density at radius 3 is 2.33 bits per heavy atom. The minimum atomic E-state index is -3.73. The number of fused-ring (bicyclic) bond motifs is 1. The van der Waals surface area contributed by atoms with Crippen LogP contribution in [0.5, 0.6) is 5.75 Å². The number of carbonyl (C=O) groups excluding carboxylic acids is 2. The van der Waals surface area contributed by atoms with Crippen molar-refractivity contribution in [1.29, 1.82) is 0 Å². The van der Waals surface area contributed by atoms with E-state index in [0.717, 1.165) is 34.4 Å². The maximum absolute atomic E-state index is 13.6. The first-order valence-electron chi connectivity index (χ1n) is 13.6. The van der Waals surface area contributed by atoms with Crippen LogP contribution in [-0.4, -0.2) is 51.3 Å². The highest BCUT2D eigenvalue weighted by molar-refractivity contribution is 7.89. The number of anilines is 2. The molecule has 2 aliphatic heterocycles. The van der Waals surface area contributed by atoms with Gasteiger partial charge in [-0.3, -0.25) is 9.59 Å². The number of rotatable bonds is 6. The molecule has 2 heterocycles. The molecule has 1 fully saturated rings. The van der Waals surface area contributed by atoms with Crippen LogP contribution in [0.3, 0.4) is 0 Å². The van der Waals surface area contributed by atoms with Crippen LogP contribution in [0.15, 0.2) is 59.5 Å². The molecule has 210 valence electrons. The van der Waals surface area contributed by atoms with Crippen molar-refractivity contribution >= 4 is 33.2 Å². The number of aryl methyl sites for hydroxylation is 3. The molecule has 3 aromatic rings. The van der Waals surface area contributed by atoms with Gasteiger partial charge in [-0.25, -0.2) is 8.42 Å². The van der Waals surface area contributed by atoms with E-state index in [-0.39, 0.29) is 18.4 Å². The molecule has 1 saturated heterocycles. The van der Waals surface area contributed by atoms with Gasteiger partial charge < -0.3 is 15.0 Å². The summed E-state index contributed by atoms with van der Waals surface area (Å²) in [5, 5.41) is 2.98. The van der Waals surface area contributed by atoms with Crippen molar-refractivity contribution in [2.75, 3.05) is 37.0 Å². The summed E-state index contributed by atoms with van der Waals surface area (Å²) in [6.45, 7) is 6.67. The van der Waals surface area contributed by atoms with Crippen molar-refractivity contribution in [1.82, 2.24) is 4.31 Å². The molecule has 5 rings (SSSR count). The van der Waals surface area contributed by atoms with Crippen LogP contribution in [0.2, 0.25) is 0 Å². The number of piperidine rings is 1. The van der Waals surface area contributed by atoms with Gasteiger partial charge in [0.15, 0.2) is 0 Å². The Balaban J connectivity index is 1.30. The summed E-state index contributed by atoms with van der Waals surface area (Å²) < 4.78 is 33.8. The topological polar surface area (TPSA) is 96.0 Å². The lowest BCUT2D eigenvalue weighted by molar-refractivity contribution is -0.120. The highest BCUT2D eigenvalue weighted by Gasteiger charge is 2.35. The van der Waals surface area contributed by atoms with Crippen LogP contribution in [0.25, 0.3) is 0 Å². The van der Waals surface area contributed by atoms with E-state index in [0.29, 0.717) is 47.8 Å². The van der Waals surface area contributed by atoms with Gasteiger partial charge in [-0.05, 0) is 93.1 Å².